The third kappa shape index (κ3) is 2.46. The largest absolute Gasteiger partial charge is 0.351 e. The van der Waals surface area contributed by atoms with Gasteiger partial charge in [-0.15, -0.1) is 0 Å². The van der Waals surface area contributed by atoms with Crippen LogP contribution in [0.5, 0.6) is 0 Å². The van der Waals surface area contributed by atoms with Gasteiger partial charge in [-0.1, -0.05) is 19.1 Å². The molecule has 0 spiro atoms. The number of allylic oxidation sites excluding steroid dienone is 2. The molecule has 3 rings (SSSR count). The number of aliphatic hydroxyl groups is 2. The fraction of sp³-hybridized carbons (Fsp3) is 0.706. The molecule has 2 aliphatic heterocycles. The third-order valence-corrected chi connectivity index (χ3v) is 5.03. The van der Waals surface area contributed by atoms with Crippen LogP contribution >= 0.6 is 0 Å². The SMILES string of the molecule is C/C=C1/C(CC)N(C2CCC2)C2=NCCCC=C2N1C(O)O. The fourth-order valence-corrected chi connectivity index (χ4v) is 3.78. The van der Waals surface area contributed by atoms with E-state index in [1.54, 1.807) is 4.90 Å². The van der Waals surface area contributed by atoms with Gasteiger partial charge in [-0.05, 0) is 45.4 Å². The Morgan fingerprint density at radius 3 is 2.68 bits per heavy atom. The summed E-state index contributed by atoms with van der Waals surface area (Å²) in [4.78, 5) is 8.93. The van der Waals surface area contributed by atoms with Crippen molar-refractivity contribution in [2.75, 3.05) is 6.54 Å². The Morgan fingerprint density at radius 2 is 2.14 bits per heavy atom. The van der Waals surface area contributed by atoms with Crippen LogP contribution in [0.15, 0.2) is 28.5 Å². The smallest absolute Gasteiger partial charge is 0.239 e. The van der Waals surface area contributed by atoms with Gasteiger partial charge < -0.3 is 15.1 Å². The molecule has 0 bridgehead atoms. The number of piperazine rings is 1. The summed E-state index contributed by atoms with van der Waals surface area (Å²) in [6, 6.07) is 0.712. The molecular weight excluding hydrogens is 278 g/mol. The number of aliphatic imine (C=N–C) groups is 1. The Morgan fingerprint density at radius 1 is 1.36 bits per heavy atom. The van der Waals surface area contributed by atoms with E-state index in [-0.39, 0.29) is 6.04 Å². The van der Waals surface area contributed by atoms with Crippen molar-refractivity contribution >= 4 is 5.84 Å². The average Bonchev–Trinajstić information content (AvgIpc) is 2.69. The molecule has 1 unspecified atom stereocenters. The van der Waals surface area contributed by atoms with Gasteiger partial charge in [-0.3, -0.25) is 9.89 Å². The molecular formula is C17H27N3O2. The molecule has 1 atom stereocenters. The monoisotopic (exact) mass is 305 g/mol. The van der Waals surface area contributed by atoms with E-state index in [2.05, 4.69) is 17.9 Å². The average molecular weight is 305 g/mol. The Balaban J connectivity index is 2.09. The highest BCUT2D eigenvalue weighted by Gasteiger charge is 2.43. The lowest BCUT2D eigenvalue weighted by atomic mass is 9.87. The second-order valence-electron chi connectivity index (χ2n) is 6.28. The van der Waals surface area contributed by atoms with Crippen LogP contribution in [-0.4, -0.2) is 50.9 Å². The summed E-state index contributed by atoms with van der Waals surface area (Å²) in [5.41, 5.74) is 1.86. The molecule has 2 heterocycles. The quantitative estimate of drug-likeness (QED) is 0.785. The van der Waals surface area contributed by atoms with Gasteiger partial charge >= 0.3 is 0 Å². The first-order valence-corrected chi connectivity index (χ1v) is 8.54. The van der Waals surface area contributed by atoms with E-state index in [4.69, 9.17) is 4.99 Å². The Kier molecular flexibility index (Phi) is 4.54. The van der Waals surface area contributed by atoms with E-state index in [1.807, 2.05) is 13.0 Å². The minimum atomic E-state index is -1.52. The van der Waals surface area contributed by atoms with Gasteiger partial charge in [0.2, 0.25) is 6.41 Å². The molecule has 122 valence electrons. The number of fused-ring (bicyclic) bond motifs is 1. The maximum Gasteiger partial charge on any atom is 0.239 e. The third-order valence-electron chi connectivity index (χ3n) is 5.03. The van der Waals surface area contributed by atoms with Crippen LogP contribution in [0, 0.1) is 0 Å². The highest BCUT2D eigenvalue weighted by atomic mass is 16.5. The van der Waals surface area contributed by atoms with Crippen molar-refractivity contribution in [3.8, 4) is 0 Å². The maximum atomic E-state index is 9.95. The first kappa shape index (κ1) is 15.6. The summed E-state index contributed by atoms with van der Waals surface area (Å²) in [6.07, 6.45) is 9.20. The lowest BCUT2D eigenvalue weighted by molar-refractivity contribution is -0.132. The summed E-state index contributed by atoms with van der Waals surface area (Å²) in [7, 11) is 0. The van der Waals surface area contributed by atoms with Gasteiger partial charge in [0.25, 0.3) is 0 Å². The molecule has 0 aromatic carbocycles. The molecule has 0 radical (unpaired) electrons. The van der Waals surface area contributed by atoms with Crippen LogP contribution < -0.4 is 0 Å². The molecule has 1 aliphatic carbocycles. The van der Waals surface area contributed by atoms with Crippen LogP contribution in [0.4, 0.5) is 0 Å². The van der Waals surface area contributed by atoms with Crippen molar-refractivity contribution in [2.45, 2.75) is 70.9 Å². The zero-order valence-corrected chi connectivity index (χ0v) is 13.6. The second-order valence-corrected chi connectivity index (χ2v) is 6.28. The van der Waals surface area contributed by atoms with Crippen LogP contribution in [0.1, 0.15) is 52.4 Å². The lowest BCUT2D eigenvalue weighted by Gasteiger charge is -2.52. The molecule has 3 aliphatic rings. The zero-order chi connectivity index (χ0) is 15.7. The summed E-state index contributed by atoms with van der Waals surface area (Å²) < 4.78 is 0. The van der Waals surface area contributed by atoms with E-state index >= 15 is 0 Å². The van der Waals surface area contributed by atoms with Crippen molar-refractivity contribution < 1.29 is 10.2 Å². The molecule has 0 aromatic heterocycles. The van der Waals surface area contributed by atoms with Crippen molar-refractivity contribution in [1.29, 1.82) is 0 Å². The summed E-state index contributed by atoms with van der Waals surface area (Å²) in [6.45, 7) is 4.95. The van der Waals surface area contributed by atoms with Gasteiger partial charge in [-0.2, -0.15) is 0 Å². The molecule has 2 fully saturated rings. The van der Waals surface area contributed by atoms with Crippen LogP contribution in [0.2, 0.25) is 0 Å². The number of rotatable bonds is 3. The molecule has 5 nitrogen and oxygen atoms in total. The zero-order valence-electron chi connectivity index (χ0n) is 13.6. The van der Waals surface area contributed by atoms with Gasteiger partial charge in [0.1, 0.15) is 5.84 Å². The predicted octanol–water partition coefficient (Wildman–Crippen LogP) is 2.18. The van der Waals surface area contributed by atoms with Crippen LogP contribution in [0.25, 0.3) is 0 Å². The summed E-state index contributed by atoms with van der Waals surface area (Å²) >= 11 is 0. The molecule has 1 saturated heterocycles. The van der Waals surface area contributed by atoms with E-state index in [9.17, 15) is 10.2 Å². The van der Waals surface area contributed by atoms with Crippen molar-refractivity contribution in [3.63, 3.8) is 0 Å². The van der Waals surface area contributed by atoms with E-state index in [0.29, 0.717) is 6.04 Å². The number of hydrogen-bond acceptors (Lipinski definition) is 5. The molecule has 0 aromatic rings. The second kappa shape index (κ2) is 6.42. The van der Waals surface area contributed by atoms with E-state index in [1.165, 1.54) is 19.3 Å². The van der Waals surface area contributed by atoms with Crippen molar-refractivity contribution in [2.24, 2.45) is 4.99 Å². The van der Waals surface area contributed by atoms with Gasteiger partial charge in [0, 0.05) is 18.3 Å². The molecule has 22 heavy (non-hydrogen) atoms. The van der Waals surface area contributed by atoms with Gasteiger partial charge in [0.15, 0.2) is 0 Å². The number of hydrogen-bond donors (Lipinski definition) is 2. The Hall–Kier alpha value is -1.33. The van der Waals surface area contributed by atoms with Gasteiger partial charge in [-0.25, -0.2) is 0 Å². The maximum absolute atomic E-state index is 9.95. The first-order chi connectivity index (χ1) is 10.7. The topological polar surface area (TPSA) is 59.3 Å². The van der Waals surface area contributed by atoms with Gasteiger partial charge in [0.05, 0.1) is 11.7 Å². The summed E-state index contributed by atoms with van der Waals surface area (Å²) in [5, 5.41) is 19.9. The Bertz CT molecular complexity index is 506. The molecule has 1 saturated carbocycles. The number of aliphatic hydroxyl groups excluding tert-OH is 1. The Labute approximate surface area is 132 Å². The van der Waals surface area contributed by atoms with Crippen LogP contribution in [0.3, 0.4) is 0 Å². The van der Waals surface area contributed by atoms with Crippen molar-refractivity contribution in [1.82, 2.24) is 9.80 Å². The lowest BCUT2D eigenvalue weighted by Crippen LogP contribution is -2.60. The normalized spacial score (nSPS) is 28.2. The molecule has 0 amide bonds. The number of amidine groups is 1. The van der Waals surface area contributed by atoms with E-state index in [0.717, 1.165) is 43.0 Å². The predicted molar refractivity (Wildman–Crippen MR) is 87.0 cm³/mol. The van der Waals surface area contributed by atoms with Crippen molar-refractivity contribution in [3.05, 3.63) is 23.5 Å². The number of nitrogens with zero attached hydrogens (tertiary/aromatic N) is 3. The minimum Gasteiger partial charge on any atom is -0.351 e. The highest BCUT2D eigenvalue weighted by Crippen LogP contribution is 2.39. The van der Waals surface area contributed by atoms with Crippen LogP contribution in [-0.2, 0) is 0 Å². The standard InChI is InChI=1S/C17H27N3O2/c1-3-13-14(4-2)20(17(21)22)15-10-5-6-11-18-16(15)19(13)12-8-7-9-12/h4,10,12-13,17,21-22H,3,5-9,11H2,1-2H3/b14-4-. The fourth-order valence-electron chi connectivity index (χ4n) is 3.78. The summed E-state index contributed by atoms with van der Waals surface area (Å²) in [5.74, 6) is 0.966. The van der Waals surface area contributed by atoms with E-state index < -0.39 is 6.41 Å². The highest BCUT2D eigenvalue weighted by molar-refractivity contribution is 6.00. The molecule has 5 heteroatoms. The molecule has 2 N–H and O–H groups in total. The first-order valence-electron chi connectivity index (χ1n) is 8.54. The minimum absolute atomic E-state index is 0.172.